The summed E-state index contributed by atoms with van der Waals surface area (Å²) < 4.78 is 5.75. The third-order valence-corrected chi connectivity index (χ3v) is 4.98. The standard InChI is InChI=1S/C23H24N2O2/c26-23(17-27-22-10-6-8-18-7-2-3-9-21(18)22)24-19-11-13-20(14-12-19)25-15-4-1-5-16-25/h2-3,6-14H,1,4-5,15-17H2,(H,24,26). The number of carbonyl (C=O) groups is 1. The van der Waals surface area contributed by atoms with Crippen LogP contribution in [0.5, 0.6) is 5.75 Å². The summed E-state index contributed by atoms with van der Waals surface area (Å²) in [7, 11) is 0. The van der Waals surface area contributed by atoms with Crippen LogP contribution in [0.2, 0.25) is 0 Å². The third kappa shape index (κ3) is 4.22. The lowest BCUT2D eigenvalue weighted by Crippen LogP contribution is -2.29. The van der Waals surface area contributed by atoms with Gasteiger partial charge in [-0.15, -0.1) is 0 Å². The largest absolute Gasteiger partial charge is 0.483 e. The van der Waals surface area contributed by atoms with Gasteiger partial charge in [0.25, 0.3) is 5.91 Å². The minimum absolute atomic E-state index is 0.0120. The fourth-order valence-electron chi connectivity index (χ4n) is 3.57. The normalized spacial score (nSPS) is 14.1. The van der Waals surface area contributed by atoms with Gasteiger partial charge >= 0.3 is 0 Å². The SMILES string of the molecule is O=C(COc1cccc2ccccc12)Nc1ccc(N2CCCCC2)cc1. The number of hydrogen-bond acceptors (Lipinski definition) is 3. The number of nitrogens with zero attached hydrogens (tertiary/aromatic N) is 1. The van der Waals surface area contributed by atoms with Gasteiger partial charge in [0.1, 0.15) is 5.75 Å². The van der Waals surface area contributed by atoms with E-state index in [2.05, 4.69) is 22.3 Å². The van der Waals surface area contributed by atoms with Crippen LogP contribution in [-0.2, 0) is 4.79 Å². The molecule has 1 amide bonds. The lowest BCUT2D eigenvalue weighted by molar-refractivity contribution is -0.118. The van der Waals surface area contributed by atoms with Gasteiger partial charge in [-0.2, -0.15) is 0 Å². The molecule has 3 aromatic carbocycles. The summed E-state index contributed by atoms with van der Waals surface area (Å²) >= 11 is 0. The monoisotopic (exact) mass is 360 g/mol. The fraction of sp³-hybridized carbons (Fsp3) is 0.261. The smallest absolute Gasteiger partial charge is 0.262 e. The molecular formula is C23H24N2O2. The Bertz CT molecular complexity index is 910. The topological polar surface area (TPSA) is 41.6 Å². The molecule has 0 bridgehead atoms. The molecule has 0 aliphatic carbocycles. The second-order valence-corrected chi connectivity index (χ2v) is 6.91. The number of fused-ring (bicyclic) bond motifs is 1. The quantitative estimate of drug-likeness (QED) is 0.707. The number of anilines is 2. The van der Waals surface area contributed by atoms with Crippen LogP contribution in [0.15, 0.2) is 66.7 Å². The molecule has 1 N–H and O–H groups in total. The third-order valence-electron chi connectivity index (χ3n) is 4.98. The van der Waals surface area contributed by atoms with E-state index in [1.54, 1.807) is 0 Å². The number of nitrogens with one attached hydrogen (secondary N) is 1. The van der Waals surface area contributed by atoms with Crippen LogP contribution in [-0.4, -0.2) is 25.6 Å². The van der Waals surface area contributed by atoms with Crippen molar-refractivity contribution in [2.75, 3.05) is 29.9 Å². The Balaban J connectivity index is 1.35. The Morgan fingerprint density at radius 2 is 1.63 bits per heavy atom. The fourth-order valence-corrected chi connectivity index (χ4v) is 3.57. The summed E-state index contributed by atoms with van der Waals surface area (Å²) in [4.78, 5) is 14.7. The number of carbonyl (C=O) groups excluding carboxylic acids is 1. The molecule has 1 heterocycles. The van der Waals surface area contributed by atoms with Gasteiger partial charge in [-0.25, -0.2) is 0 Å². The van der Waals surface area contributed by atoms with E-state index in [0.717, 1.165) is 35.3 Å². The van der Waals surface area contributed by atoms with Crippen molar-refractivity contribution in [3.8, 4) is 5.75 Å². The Morgan fingerprint density at radius 3 is 2.44 bits per heavy atom. The predicted octanol–water partition coefficient (Wildman–Crippen LogP) is 4.85. The molecule has 1 saturated heterocycles. The lowest BCUT2D eigenvalue weighted by atomic mass is 10.1. The molecule has 138 valence electrons. The Hall–Kier alpha value is -3.01. The number of hydrogen-bond donors (Lipinski definition) is 1. The predicted molar refractivity (Wildman–Crippen MR) is 111 cm³/mol. The molecular weight excluding hydrogens is 336 g/mol. The minimum Gasteiger partial charge on any atom is -0.483 e. The summed E-state index contributed by atoms with van der Waals surface area (Å²) in [6.45, 7) is 2.22. The molecule has 1 aliphatic heterocycles. The number of amides is 1. The summed E-state index contributed by atoms with van der Waals surface area (Å²) in [5, 5.41) is 5.02. The first kappa shape index (κ1) is 17.4. The van der Waals surface area contributed by atoms with Gasteiger partial charge in [0.05, 0.1) is 0 Å². The summed E-state index contributed by atoms with van der Waals surface area (Å²) in [5.41, 5.74) is 2.02. The molecule has 4 rings (SSSR count). The molecule has 4 heteroatoms. The van der Waals surface area contributed by atoms with E-state index >= 15 is 0 Å². The summed E-state index contributed by atoms with van der Waals surface area (Å²) in [6.07, 6.45) is 3.83. The van der Waals surface area contributed by atoms with Gasteiger partial charge in [0, 0.05) is 29.9 Å². The van der Waals surface area contributed by atoms with Crippen molar-refractivity contribution >= 4 is 28.1 Å². The molecule has 0 radical (unpaired) electrons. The highest BCUT2D eigenvalue weighted by molar-refractivity contribution is 5.93. The van der Waals surface area contributed by atoms with Gasteiger partial charge in [0.15, 0.2) is 6.61 Å². The number of piperidine rings is 1. The number of benzene rings is 3. The zero-order valence-corrected chi connectivity index (χ0v) is 15.4. The van der Waals surface area contributed by atoms with Gasteiger partial charge in [-0.1, -0.05) is 36.4 Å². The van der Waals surface area contributed by atoms with Crippen molar-refractivity contribution in [2.24, 2.45) is 0 Å². The van der Waals surface area contributed by atoms with Crippen molar-refractivity contribution in [3.05, 3.63) is 66.7 Å². The molecule has 27 heavy (non-hydrogen) atoms. The van der Waals surface area contributed by atoms with Crippen LogP contribution >= 0.6 is 0 Å². The average Bonchev–Trinajstić information content (AvgIpc) is 2.73. The molecule has 0 saturated carbocycles. The van der Waals surface area contributed by atoms with E-state index in [-0.39, 0.29) is 12.5 Å². The van der Waals surface area contributed by atoms with Gasteiger partial charge < -0.3 is 15.0 Å². The van der Waals surface area contributed by atoms with Crippen LogP contribution < -0.4 is 15.0 Å². The van der Waals surface area contributed by atoms with E-state index in [0.29, 0.717) is 0 Å². The van der Waals surface area contributed by atoms with Crippen LogP contribution in [0, 0.1) is 0 Å². The number of ether oxygens (including phenoxy) is 1. The first-order valence-corrected chi connectivity index (χ1v) is 9.55. The van der Waals surface area contributed by atoms with E-state index in [1.807, 2.05) is 54.6 Å². The van der Waals surface area contributed by atoms with E-state index in [9.17, 15) is 4.79 Å². The highest BCUT2D eigenvalue weighted by Gasteiger charge is 2.11. The Morgan fingerprint density at radius 1 is 0.889 bits per heavy atom. The van der Waals surface area contributed by atoms with Crippen molar-refractivity contribution in [2.45, 2.75) is 19.3 Å². The molecule has 0 atom stereocenters. The maximum Gasteiger partial charge on any atom is 0.262 e. The Kier molecular flexibility index (Phi) is 5.24. The van der Waals surface area contributed by atoms with Gasteiger partial charge in [0.2, 0.25) is 0 Å². The molecule has 1 fully saturated rings. The zero-order valence-electron chi connectivity index (χ0n) is 15.4. The van der Waals surface area contributed by atoms with Crippen LogP contribution in [0.25, 0.3) is 10.8 Å². The highest BCUT2D eigenvalue weighted by atomic mass is 16.5. The van der Waals surface area contributed by atoms with Crippen LogP contribution in [0.4, 0.5) is 11.4 Å². The first-order valence-electron chi connectivity index (χ1n) is 9.55. The zero-order chi connectivity index (χ0) is 18.5. The maximum atomic E-state index is 12.3. The number of rotatable bonds is 5. The van der Waals surface area contributed by atoms with Crippen molar-refractivity contribution in [1.82, 2.24) is 0 Å². The van der Waals surface area contributed by atoms with Gasteiger partial charge in [-0.3, -0.25) is 4.79 Å². The van der Waals surface area contributed by atoms with Crippen molar-refractivity contribution in [1.29, 1.82) is 0 Å². The van der Waals surface area contributed by atoms with Crippen molar-refractivity contribution < 1.29 is 9.53 Å². The first-order chi connectivity index (χ1) is 13.3. The lowest BCUT2D eigenvalue weighted by Gasteiger charge is -2.28. The molecule has 0 unspecified atom stereocenters. The summed E-state index contributed by atoms with van der Waals surface area (Å²) in [5.74, 6) is 0.567. The summed E-state index contributed by atoms with van der Waals surface area (Å²) in [6, 6.07) is 21.9. The second-order valence-electron chi connectivity index (χ2n) is 6.91. The molecule has 4 nitrogen and oxygen atoms in total. The maximum absolute atomic E-state index is 12.3. The minimum atomic E-state index is -0.159. The molecule has 3 aromatic rings. The van der Waals surface area contributed by atoms with E-state index in [4.69, 9.17) is 4.74 Å². The highest BCUT2D eigenvalue weighted by Crippen LogP contribution is 2.25. The van der Waals surface area contributed by atoms with E-state index < -0.39 is 0 Å². The van der Waals surface area contributed by atoms with Crippen LogP contribution in [0.3, 0.4) is 0 Å². The van der Waals surface area contributed by atoms with Crippen molar-refractivity contribution in [3.63, 3.8) is 0 Å². The molecule has 1 aliphatic rings. The van der Waals surface area contributed by atoms with Gasteiger partial charge in [-0.05, 0) is 55.0 Å². The molecule has 0 spiro atoms. The average molecular weight is 360 g/mol. The van der Waals surface area contributed by atoms with E-state index in [1.165, 1.54) is 24.9 Å². The van der Waals surface area contributed by atoms with Crippen LogP contribution in [0.1, 0.15) is 19.3 Å². The molecule has 0 aromatic heterocycles. The second kappa shape index (κ2) is 8.12. The Labute approximate surface area is 159 Å².